The van der Waals surface area contributed by atoms with Crippen LogP contribution < -0.4 is 0 Å². The maximum atomic E-state index is 13.3. The van der Waals surface area contributed by atoms with Gasteiger partial charge in [-0.15, -0.1) is 0 Å². The van der Waals surface area contributed by atoms with Crippen LogP contribution in [-0.4, -0.2) is 59.6 Å². The van der Waals surface area contributed by atoms with Crippen LogP contribution in [-0.2, 0) is 16.0 Å². The largest absolute Gasteiger partial charge is 0.450 e. The number of fused-ring (bicyclic) bond motifs is 1. The summed E-state index contributed by atoms with van der Waals surface area (Å²) in [7, 11) is 0. The van der Waals surface area contributed by atoms with Crippen molar-refractivity contribution in [3.63, 3.8) is 0 Å². The summed E-state index contributed by atoms with van der Waals surface area (Å²) in [6, 6.07) is 16.6. The second-order valence-electron chi connectivity index (χ2n) is 8.17. The SMILES string of the molecule is CCOC(=O)N1CCN(C(=O)CC(c2ccccc2)c2c[nH]c3c(CC)cccc23)CC1. The summed E-state index contributed by atoms with van der Waals surface area (Å²) in [5.74, 6) is 0.0796. The molecule has 2 amide bonds. The molecule has 1 unspecified atom stereocenters. The van der Waals surface area contributed by atoms with Crippen LogP contribution >= 0.6 is 0 Å². The number of hydrogen-bond donors (Lipinski definition) is 1. The lowest BCUT2D eigenvalue weighted by Crippen LogP contribution is -2.50. The van der Waals surface area contributed by atoms with Gasteiger partial charge in [-0.25, -0.2) is 4.79 Å². The third kappa shape index (κ3) is 4.49. The standard InChI is InChI=1S/C26H31N3O3/c1-3-19-11-8-12-21-23(18-27-25(19)21)22(20-9-6-5-7-10-20)17-24(30)28-13-15-29(16-14-28)26(31)32-4-2/h5-12,18,22,27H,3-4,13-17H2,1-2H3. The number of ether oxygens (including phenoxy) is 1. The van der Waals surface area contributed by atoms with E-state index in [1.807, 2.05) is 23.1 Å². The molecule has 0 bridgehead atoms. The summed E-state index contributed by atoms with van der Waals surface area (Å²) in [6.07, 6.45) is 3.12. The van der Waals surface area contributed by atoms with Gasteiger partial charge < -0.3 is 19.5 Å². The Morgan fingerprint density at radius 1 is 0.969 bits per heavy atom. The Kier molecular flexibility index (Phi) is 6.78. The fraction of sp³-hybridized carbons (Fsp3) is 0.385. The number of carbonyl (C=O) groups excluding carboxylic acids is 2. The smallest absolute Gasteiger partial charge is 0.409 e. The molecule has 3 aromatic rings. The molecule has 32 heavy (non-hydrogen) atoms. The Morgan fingerprint density at radius 3 is 2.38 bits per heavy atom. The number of nitrogens with zero attached hydrogens (tertiary/aromatic N) is 2. The number of para-hydroxylation sites is 1. The number of carbonyl (C=O) groups is 2. The maximum absolute atomic E-state index is 13.3. The first-order valence-corrected chi connectivity index (χ1v) is 11.5. The first kappa shape index (κ1) is 21.9. The third-order valence-corrected chi connectivity index (χ3v) is 6.33. The van der Waals surface area contributed by atoms with Crippen LogP contribution in [0.4, 0.5) is 4.79 Å². The predicted molar refractivity (Wildman–Crippen MR) is 126 cm³/mol. The molecular formula is C26H31N3O3. The van der Waals surface area contributed by atoms with Gasteiger partial charge in [0, 0.05) is 55.6 Å². The van der Waals surface area contributed by atoms with Crippen LogP contribution in [0.5, 0.6) is 0 Å². The van der Waals surface area contributed by atoms with E-state index in [-0.39, 0.29) is 17.9 Å². The topological polar surface area (TPSA) is 65.6 Å². The van der Waals surface area contributed by atoms with Gasteiger partial charge >= 0.3 is 6.09 Å². The predicted octanol–water partition coefficient (Wildman–Crippen LogP) is 4.55. The Bertz CT molecular complexity index is 1070. The minimum atomic E-state index is -0.299. The van der Waals surface area contributed by atoms with Gasteiger partial charge in [0.05, 0.1) is 6.61 Å². The second kappa shape index (κ2) is 9.90. The van der Waals surface area contributed by atoms with E-state index in [1.165, 1.54) is 10.9 Å². The van der Waals surface area contributed by atoms with E-state index in [1.54, 1.807) is 11.8 Å². The molecule has 168 valence electrons. The highest BCUT2D eigenvalue weighted by Crippen LogP contribution is 2.35. The van der Waals surface area contributed by atoms with Crippen LogP contribution in [0, 0.1) is 0 Å². The minimum absolute atomic E-state index is 0.0346. The molecule has 1 aliphatic rings. The van der Waals surface area contributed by atoms with Gasteiger partial charge in [0.15, 0.2) is 0 Å². The van der Waals surface area contributed by atoms with Crippen LogP contribution in [0.3, 0.4) is 0 Å². The van der Waals surface area contributed by atoms with Crippen LogP contribution in [0.1, 0.15) is 42.9 Å². The number of rotatable bonds is 6. The molecule has 1 aromatic heterocycles. The van der Waals surface area contributed by atoms with E-state index in [4.69, 9.17) is 4.74 Å². The number of hydrogen-bond acceptors (Lipinski definition) is 3. The Balaban J connectivity index is 1.56. The van der Waals surface area contributed by atoms with Gasteiger partial charge in [0.25, 0.3) is 0 Å². The summed E-state index contributed by atoms with van der Waals surface area (Å²) >= 11 is 0. The van der Waals surface area contributed by atoms with Crippen molar-refractivity contribution in [2.75, 3.05) is 32.8 Å². The zero-order valence-electron chi connectivity index (χ0n) is 18.8. The Labute approximate surface area is 189 Å². The molecule has 0 saturated carbocycles. The zero-order chi connectivity index (χ0) is 22.5. The van der Waals surface area contributed by atoms with E-state index in [0.717, 1.165) is 23.1 Å². The molecular weight excluding hydrogens is 402 g/mol. The van der Waals surface area contributed by atoms with Gasteiger partial charge in [-0.05, 0) is 30.0 Å². The summed E-state index contributed by atoms with van der Waals surface area (Å²) in [5.41, 5.74) is 4.72. The number of aromatic amines is 1. The number of piperazine rings is 1. The first-order valence-electron chi connectivity index (χ1n) is 11.5. The van der Waals surface area contributed by atoms with Crippen molar-refractivity contribution in [2.45, 2.75) is 32.6 Å². The molecule has 2 heterocycles. The number of aromatic nitrogens is 1. The molecule has 2 aromatic carbocycles. The van der Waals surface area contributed by atoms with Crippen LogP contribution in [0.2, 0.25) is 0 Å². The monoisotopic (exact) mass is 433 g/mol. The van der Waals surface area contributed by atoms with Crippen LogP contribution in [0.25, 0.3) is 10.9 Å². The van der Waals surface area contributed by atoms with Gasteiger partial charge in [-0.2, -0.15) is 0 Å². The van der Waals surface area contributed by atoms with Gasteiger partial charge in [-0.1, -0.05) is 55.5 Å². The molecule has 0 radical (unpaired) electrons. The second-order valence-corrected chi connectivity index (χ2v) is 8.17. The van der Waals surface area contributed by atoms with E-state index in [2.05, 4.69) is 48.4 Å². The number of benzene rings is 2. The molecule has 6 nitrogen and oxygen atoms in total. The fourth-order valence-corrected chi connectivity index (χ4v) is 4.57. The molecule has 4 rings (SSSR count). The fourth-order valence-electron chi connectivity index (χ4n) is 4.57. The molecule has 6 heteroatoms. The lowest BCUT2D eigenvalue weighted by molar-refractivity contribution is -0.133. The van der Waals surface area contributed by atoms with E-state index < -0.39 is 0 Å². The van der Waals surface area contributed by atoms with Crippen molar-refractivity contribution < 1.29 is 14.3 Å². The highest BCUT2D eigenvalue weighted by Gasteiger charge is 2.28. The molecule has 1 fully saturated rings. The molecule has 0 aliphatic carbocycles. The Morgan fingerprint density at radius 2 is 1.69 bits per heavy atom. The Hall–Kier alpha value is -3.28. The van der Waals surface area contributed by atoms with Gasteiger partial charge in [0.1, 0.15) is 0 Å². The molecule has 1 saturated heterocycles. The third-order valence-electron chi connectivity index (χ3n) is 6.33. The summed E-state index contributed by atoms with van der Waals surface area (Å²) in [6.45, 7) is 6.40. The van der Waals surface area contributed by atoms with E-state index in [0.29, 0.717) is 39.2 Å². The normalized spacial score (nSPS) is 15.1. The molecule has 1 atom stereocenters. The highest BCUT2D eigenvalue weighted by atomic mass is 16.6. The average molecular weight is 434 g/mol. The molecule has 1 N–H and O–H groups in total. The van der Waals surface area contributed by atoms with Crippen molar-refractivity contribution in [3.8, 4) is 0 Å². The van der Waals surface area contributed by atoms with E-state index >= 15 is 0 Å². The van der Waals surface area contributed by atoms with Crippen molar-refractivity contribution in [1.82, 2.24) is 14.8 Å². The highest BCUT2D eigenvalue weighted by molar-refractivity contribution is 5.88. The van der Waals surface area contributed by atoms with Crippen LogP contribution in [0.15, 0.2) is 54.7 Å². The summed E-state index contributed by atoms with van der Waals surface area (Å²) < 4.78 is 5.09. The number of nitrogens with one attached hydrogen (secondary N) is 1. The first-order chi connectivity index (χ1) is 15.6. The lowest BCUT2D eigenvalue weighted by atomic mass is 9.87. The van der Waals surface area contributed by atoms with Crippen molar-refractivity contribution in [2.24, 2.45) is 0 Å². The lowest BCUT2D eigenvalue weighted by Gasteiger charge is -2.34. The maximum Gasteiger partial charge on any atom is 0.409 e. The zero-order valence-corrected chi connectivity index (χ0v) is 18.8. The van der Waals surface area contributed by atoms with Gasteiger partial charge in [-0.3, -0.25) is 4.79 Å². The number of H-pyrrole nitrogens is 1. The van der Waals surface area contributed by atoms with E-state index in [9.17, 15) is 9.59 Å². The van der Waals surface area contributed by atoms with Gasteiger partial charge in [0.2, 0.25) is 5.91 Å². The molecule has 1 aliphatic heterocycles. The average Bonchev–Trinajstić information content (AvgIpc) is 3.27. The van der Waals surface area contributed by atoms with Crippen molar-refractivity contribution in [1.29, 1.82) is 0 Å². The van der Waals surface area contributed by atoms with Crippen molar-refractivity contribution in [3.05, 3.63) is 71.4 Å². The molecule has 0 spiro atoms. The number of aryl methyl sites for hydroxylation is 1. The minimum Gasteiger partial charge on any atom is -0.450 e. The summed E-state index contributed by atoms with van der Waals surface area (Å²) in [5, 5.41) is 1.18. The van der Waals surface area contributed by atoms with Crippen molar-refractivity contribution >= 4 is 22.9 Å². The summed E-state index contributed by atoms with van der Waals surface area (Å²) in [4.78, 5) is 32.3. The number of amides is 2. The quantitative estimate of drug-likeness (QED) is 0.620.